The lowest BCUT2D eigenvalue weighted by Gasteiger charge is -2.34. The maximum atomic E-state index is 13.0. The third kappa shape index (κ3) is 5.71. The molecule has 0 aromatic heterocycles. The summed E-state index contributed by atoms with van der Waals surface area (Å²) in [6.45, 7) is 2.74. The van der Waals surface area contributed by atoms with Crippen LogP contribution in [-0.2, 0) is 9.59 Å². The van der Waals surface area contributed by atoms with Crippen molar-refractivity contribution in [2.45, 2.75) is 25.3 Å². The minimum atomic E-state index is -0.915. The van der Waals surface area contributed by atoms with Gasteiger partial charge in [0, 0.05) is 50.6 Å². The number of carbonyl (C=O) groups is 3. The maximum absolute atomic E-state index is 13.0. The number of piperazine rings is 1. The zero-order chi connectivity index (χ0) is 21.5. The summed E-state index contributed by atoms with van der Waals surface area (Å²) in [5.74, 6) is -1.43. The molecule has 2 amide bonds. The Hall–Kier alpha value is -3.11. The van der Waals surface area contributed by atoms with E-state index in [9.17, 15) is 14.4 Å². The van der Waals surface area contributed by atoms with Crippen LogP contribution in [0.2, 0.25) is 0 Å². The van der Waals surface area contributed by atoms with Gasteiger partial charge >= 0.3 is 5.97 Å². The number of hydrogen-bond acceptors (Lipinski definition) is 7. The number of carboxylic acids is 1. The van der Waals surface area contributed by atoms with Gasteiger partial charge in [0.25, 0.3) is 5.91 Å². The number of nitrogens with zero attached hydrogens (tertiary/aromatic N) is 3. The Bertz CT molecular complexity index is 789. The van der Waals surface area contributed by atoms with E-state index in [0.717, 1.165) is 18.8 Å². The first-order valence-electron chi connectivity index (χ1n) is 10.0. The van der Waals surface area contributed by atoms with Crippen molar-refractivity contribution in [2.75, 3.05) is 38.2 Å². The molecule has 0 saturated carbocycles. The molecule has 2 aliphatic heterocycles. The van der Waals surface area contributed by atoms with E-state index in [1.165, 1.54) is 0 Å². The van der Waals surface area contributed by atoms with Crippen molar-refractivity contribution >= 4 is 23.5 Å². The topological polar surface area (TPSA) is 117 Å². The van der Waals surface area contributed by atoms with Crippen LogP contribution in [0.1, 0.15) is 29.6 Å². The summed E-state index contributed by atoms with van der Waals surface area (Å²) in [6, 6.07) is 6.22. The molecule has 0 unspecified atom stereocenters. The molecule has 162 valence electrons. The molecule has 0 aliphatic carbocycles. The van der Waals surface area contributed by atoms with Gasteiger partial charge in [0.15, 0.2) is 0 Å². The fourth-order valence-electron chi connectivity index (χ4n) is 3.38. The van der Waals surface area contributed by atoms with Crippen molar-refractivity contribution in [1.82, 2.24) is 26.1 Å². The van der Waals surface area contributed by atoms with Crippen molar-refractivity contribution in [3.63, 3.8) is 0 Å². The third-order valence-electron chi connectivity index (χ3n) is 5.20. The first-order chi connectivity index (χ1) is 14.4. The predicted molar refractivity (Wildman–Crippen MR) is 111 cm³/mol. The van der Waals surface area contributed by atoms with Gasteiger partial charge in [0.2, 0.25) is 5.91 Å². The smallest absolute Gasteiger partial charge is 0.303 e. The molecule has 0 bridgehead atoms. The Morgan fingerprint density at radius 2 is 1.83 bits per heavy atom. The van der Waals surface area contributed by atoms with E-state index in [1.807, 2.05) is 13.2 Å². The van der Waals surface area contributed by atoms with Crippen LogP contribution in [0, 0.1) is 0 Å². The van der Waals surface area contributed by atoms with Crippen LogP contribution in [0.5, 0.6) is 0 Å². The summed E-state index contributed by atoms with van der Waals surface area (Å²) < 4.78 is 0. The molecule has 1 aromatic rings. The molecule has 1 fully saturated rings. The van der Waals surface area contributed by atoms with Crippen LogP contribution in [0.25, 0.3) is 0 Å². The van der Waals surface area contributed by atoms with E-state index in [4.69, 9.17) is 5.11 Å². The highest BCUT2D eigenvalue weighted by molar-refractivity contribution is 5.97. The van der Waals surface area contributed by atoms with Crippen molar-refractivity contribution < 1.29 is 19.5 Å². The van der Waals surface area contributed by atoms with E-state index < -0.39 is 12.0 Å². The van der Waals surface area contributed by atoms with E-state index in [2.05, 4.69) is 21.2 Å². The monoisotopic (exact) mass is 416 g/mol. The standard InChI is InChI=1S/C20H28N6O4/c1-24-11-13-25(14-12-24)20(30)17(3-2-4-18(27)28)22-19(29)15-5-7-16(8-6-15)26-10-9-21-23-26/h5-10,17,21,23H,2-4,11-14H2,1H3,(H,22,29)(H,27,28)/t17-/m0/s1. The number of carboxylic acid groups (broad SMARTS) is 1. The largest absolute Gasteiger partial charge is 0.481 e. The second-order valence-electron chi connectivity index (χ2n) is 7.43. The first kappa shape index (κ1) is 21.6. The number of anilines is 1. The Balaban J connectivity index is 1.64. The third-order valence-corrected chi connectivity index (χ3v) is 5.20. The molecular formula is C20H28N6O4. The van der Waals surface area contributed by atoms with E-state index >= 15 is 0 Å². The van der Waals surface area contributed by atoms with Gasteiger partial charge in [-0.05, 0) is 44.2 Å². The number of hydrazine groups is 2. The molecule has 30 heavy (non-hydrogen) atoms. The van der Waals surface area contributed by atoms with Crippen molar-refractivity contribution in [3.8, 4) is 0 Å². The van der Waals surface area contributed by atoms with Crippen LogP contribution < -0.4 is 21.3 Å². The average molecular weight is 416 g/mol. The number of carbonyl (C=O) groups excluding carboxylic acids is 2. The molecule has 10 nitrogen and oxygen atoms in total. The molecule has 3 rings (SSSR count). The second kappa shape index (κ2) is 10.1. The van der Waals surface area contributed by atoms with Gasteiger partial charge in [-0.2, -0.15) is 0 Å². The molecule has 2 aliphatic rings. The van der Waals surface area contributed by atoms with Gasteiger partial charge in [-0.25, -0.2) is 0 Å². The summed E-state index contributed by atoms with van der Waals surface area (Å²) in [6.07, 6.45) is 4.12. The average Bonchev–Trinajstić information content (AvgIpc) is 3.28. The number of likely N-dealkylation sites (N-methyl/N-ethyl adjacent to an activating group) is 1. The van der Waals surface area contributed by atoms with Crippen LogP contribution >= 0.6 is 0 Å². The van der Waals surface area contributed by atoms with Gasteiger partial charge in [0.1, 0.15) is 6.04 Å². The van der Waals surface area contributed by atoms with Crippen LogP contribution in [0.3, 0.4) is 0 Å². The van der Waals surface area contributed by atoms with Crippen LogP contribution in [-0.4, -0.2) is 72.0 Å². The Morgan fingerprint density at radius 1 is 1.13 bits per heavy atom. The molecule has 1 aromatic carbocycles. The highest BCUT2D eigenvalue weighted by atomic mass is 16.4. The summed E-state index contributed by atoms with van der Waals surface area (Å²) in [5.41, 5.74) is 7.03. The van der Waals surface area contributed by atoms with Gasteiger partial charge in [-0.15, -0.1) is 5.53 Å². The maximum Gasteiger partial charge on any atom is 0.303 e. The summed E-state index contributed by atoms with van der Waals surface area (Å²) in [4.78, 5) is 40.5. The number of rotatable bonds is 8. The normalized spacial score (nSPS) is 17.5. The molecule has 1 saturated heterocycles. The number of nitrogens with one attached hydrogen (secondary N) is 3. The SMILES string of the molecule is CN1CCN(C(=O)[C@H](CCCC(=O)O)NC(=O)c2ccc(N3C=CNN3)cc2)CC1. The number of amides is 2. The minimum Gasteiger partial charge on any atom is -0.481 e. The van der Waals surface area contributed by atoms with E-state index in [-0.39, 0.29) is 24.7 Å². The summed E-state index contributed by atoms with van der Waals surface area (Å²) in [5, 5.41) is 13.5. The first-order valence-corrected chi connectivity index (χ1v) is 10.0. The number of hydrogen-bond donors (Lipinski definition) is 4. The Kier molecular flexibility index (Phi) is 7.26. The van der Waals surface area contributed by atoms with Crippen molar-refractivity contribution in [2.24, 2.45) is 0 Å². The summed E-state index contributed by atoms with van der Waals surface area (Å²) in [7, 11) is 2.00. The molecule has 4 N–H and O–H groups in total. The van der Waals surface area contributed by atoms with E-state index in [0.29, 0.717) is 25.1 Å². The highest BCUT2D eigenvalue weighted by Crippen LogP contribution is 2.16. The zero-order valence-corrected chi connectivity index (χ0v) is 17.0. The van der Waals surface area contributed by atoms with E-state index in [1.54, 1.807) is 40.4 Å². The van der Waals surface area contributed by atoms with Crippen molar-refractivity contribution in [3.05, 3.63) is 42.2 Å². The molecule has 10 heteroatoms. The zero-order valence-electron chi connectivity index (χ0n) is 17.0. The molecule has 0 spiro atoms. The van der Waals surface area contributed by atoms with Crippen LogP contribution in [0.4, 0.5) is 5.69 Å². The lowest BCUT2D eigenvalue weighted by molar-refractivity contribution is -0.138. The van der Waals surface area contributed by atoms with Gasteiger partial charge < -0.3 is 25.6 Å². The van der Waals surface area contributed by atoms with Gasteiger partial charge in [-0.3, -0.25) is 19.4 Å². The van der Waals surface area contributed by atoms with Crippen LogP contribution in [0.15, 0.2) is 36.7 Å². The number of aliphatic carboxylic acids is 1. The van der Waals surface area contributed by atoms with Gasteiger partial charge in [-0.1, -0.05) is 0 Å². The minimum absolute atomic E-state index is 0.0402. The molecule has 2 heterocycles. The fourth-order valence-corrected chi connectivity index (χ4v) is 3.38. The lowest BCUT2D eigenvalue weighted by Crippen LogP contribution is -2.54. The molecule has 1 atom stereocenters. The number of benzene rings is 1. The predicted octanol–water partition coefficient (Wildman–Crippen LogP) is 0.114. The van der Waals surface area contributed by atoms with Crippen molar-refractivity contribution in [1.29, 1.82) is 0 Å². The summed E-state index contributed by atoms with van der Waals surface area (Å²) >= 11 is 0. The molecular weight excluding hydrogens is 388 g/mol. The highest BCUT2D eigenvalue weighted by Gasteiger charge is 2.28. The Morgan fingerprint density at radius 3 is 2.43 bits per heavy atom. The fraction of sp³-hybridized carbons (Fsp3) is 0.450. The molecule has 0 radical (unpaired) electrons. The lowest BCUT2D eigenvalue weighted by atomic mass is 10.1. The Labute approximate surface area is 175 Å². The van der Waals surface area contributed by atoms with Gasteiger partial charge in [0.05, 0.1) is 5.69 Å². The second-order valence-corrected chi connectivity index (χ2v) is 7.43. The quantitative estimate of drug-likeness (QED) is 0.472.